The molecule has 1 unspecified atom stereocenters. The van der Waals surface area contributed by atoms with Gasteiger partial charge in [0.25, 0.3) is 27.5 Å². The number of imide groups is 1. The van der Waals surface area contributed by atoms with E-state index in [1.807, 2.05) is 13.1 Å². The van der Waals surface area contributed by atoms with E-state index in [0.29, 0.717) is 62.3 Å². The Labute approximate surface area is 320 Å². The van der Waals surface area contributed by atoms with E-state index in [4.69, 9.17) is 16.3 Å². The summed E-state index contributed by atoms with van der Waals surface area (Å²) in [4.78, 5) is 75.8. The molecule has 0 bridgehead atoms. The number of nitrogens with zero attached hydrogens (tertiary/aromatic N) is 4. The average Bonchev–Trinajstić information content (AvgIpc) is 3.47. The first-order chi connectivity index (χ1) is 26.1. The maximum atomic E-state index is 13.7. The van der Waals surface area contributed by atoms with Crippen LogP contribution in [-0.2, 0) is 43.9 Å². The number of amides is 5. The van der Waals surface area contributed by atoms with Crippen molar-refractivity contribution in [2.24, 2.45) is 0 Å². The number of carbonyl (C=O) groups excluding carboxylic acids is 4. The monoisotopic (exact) mass is 799 g/mol. The predicted octanol–water partition coefficient (Wildman–Crippen LogP) is 2.80. The van der Waals surface area contributed by atoms with Gasteiger partial charge in [-0.1, -0.05) is 29.8 Å². The van der Waals surface area contributed by atoms with Gasteiger partial charge < -0.3 is 30.7 Å². The number of carboxylic acid groups (broad SMARTS) is 1. The van der Waals surface area contributed by atoms with Crippen molar-refractivity contribution in [2.45, 2.75) is 43.3 Å². The molecule has 5 amide bonds. The molecule has 20 heteroatoms. The predicted molar refractivity (Wildman–Crippen MR) is 197 cm³/mol. The first-order valence-electron chi connectivity index (χ1n) is 16.9. The smallest absolute Gasteiger partial charge is 0.335 e. The lowest BCUT2D eigenvalue weighted by Crippen LogP contribution is -2.57. The number of carboxylic acids is 1. The number of ether oxygens (including phenoxy) is 1. The normalized spacial score (nSPS) is 15.7. The number of rotatable bonds is 16. The van der Waals surface area contributed by atoms with E-state index in [2.05, 4.69) is 16.0 Å². The second-order valence-corrected chi connectivity index (χ2v) is 15.1. The Hall–Kier alpha value is -5.47. The van der Waals surface area contributed by atoms with Crippen molar-refractivity contribution in [3.63, 3.8) is 0 Å². The SMILES string of the molecule is CNCCOCCc1ccc(NC(=O)NCc2ccc3c(c2)CN(C2CCC(=O)N(CN(C)S(=O)(=O)c4ccc(C(=O)O)cc4[N+](=O)[O-])C2=O)C3=O)cc1Cl. The number of nitro benzene ring substituents is 1. The molecular weight excluding hydrogens is 762 g/mol. The Bertz CT molecular complexity index is 2150. The van der Waals surface area contributed by atoms with Crippen LogP contribution in [-0.4, -0.2) is 109 Å². The van der Waals surface area contributed by atoms with Gasteiger partial charge >= 0.3 is 12.0 Å². The topological polar surface area (TPSA) is 238 Å². The third kappa shape index (κ3) is 9.26. The van der Waals surface area contributed by atoms with Crippen molar-refractivity contribution in [3.05, 3.63) is 97.6 Å². The molecule has 4 N–H and O–H groups in total. The highest BCUT2D eigenvalue weighted by Gasteiger charge is 2.44. The third-order valence-corrected chi connectivity index (χ3v) is 11.3. The van der Waals surface area contributed by atoms with Gasteiger partial charge in [-0.25, -0.2) is 18.0 Å². The van der Waals surface area contributed by atoms with Crippen molar-refractivity contribution in [1.29, 1.82) is 0 Å². The minimum atomic E-state index is -4.71. The molecule has 0 aromatic heterocycles. The number of piperidine rings is 1. The van der Waals surface area contributed by atoms with Crippen LogP contribution in [0, 0.1) is 10.1 Å². The number of halogens is 1. The van der Waals surface area contributed by atoms with Crippen LogP contribution >= 0.6 is 11.6 Å². The standard InChI is InChI=1S/C35H38ClN7O11S/c1-37-12-14-54-13-11-22-4-6-25(17-27(22)36)39-35(49)38-18-21-3-7-26-24(15-21)19-41(32(26)45)28-8-10-31(44)42(33(28)46)20-40(2)55(52,53)30-9-5-23(34(47)48)16-29(30)43(50)51/h3-7,9,15-17,28,37H,8,10-14,18-20H2,1-2H3,(H,47,48)(H2,38,39,49). The van der Waals surface area contributed by atoms with Gasteiger partial charge in [0.2, 0.25) is 5.91 Å². The highest BCUT2D eigenvalue weighted by molar-refractivity contribution is 7.89. The lowest BCUT2D eigenvalue weighted by molar-refractivity contribution is -0.387. The van der Waals surface area contributed by atoms with Crippen molar-refractivity contribution < 1.29 is 47.2 Å². The van der Waals surface area contributed by atoms with Crippen molar-refractivity contribution in [1.82, 2.24) is 24.7 Å². The molecule has 2 aliphatic rings. The number of nitrogens with one attached hydrogen (secondary N) is 3. The molecule has 2 heterocycles. The molecule has 55 heavy (non-hydrogen) atoms. The van der Waals surface area contributed by atoms with E-state index in [0.717, 1.165) is 31.3 Å². The number of sulfonamides is 1. The number of benzene rings is 3. The van der Waals surface area contributed by atoms with Gasteiger partial charge in [-0.2, -0.15) is 4.31 Å². The number of aromatic carboxylic acids is 1. The Morgan fingerprint density at radius 1 is 1.09 bits per heavy atom. The number of urea groups is 1. The summed E-state index contributed by atoms with van der Waals surface area (Å²) in [6.07, 6.45) is 0.404. The summed E-state index contributed by atoms with van der Waals surface area (Å²) >= 11 is 6.40. The summed E-state index contributed by atoms with van der Waals surface area (Å²) in [6.45, 7) is 1.12. The summed E-state index contributed by atoms with van der Waals surface area (Å²) in [5.74, 6) is -3.52. The fraction of sp³-hybridized carbons (Fsp3) is 0.343. The molecule has 2 aliphatic heterocycles. The number of likely N-dealkylation sites (N-methyl/N-ethyl adjacent to an activating group) is 1. The minimum Gasteiger partial charge on any atom is -0.478 e. The first-order valence-corrected chi connectivity index (χ1v) is 18.7. The molecule has 292 valence electrons. The van der Waals surface area contributed by atoms with E-state index < -0.39 is 73.5 Å². The van der Waals surface area contributed by atoms with Crippen LogP contribution in [0.1, 0.15) is 50.2 Å². The maximum absolute atomic E-state index is 13.7. The van der Waals surface area contributed by atoms with E-state index in [1.54, 1.807) is 30.3 Å². The molecule has 0 saturated carbocycles. The van der Waals surface area contributed by atoms with Gasteiger partial charge in [0.15, 0.2) is 4.90 Å². The number of fused-ring (bicyclic) bond motifs is 1. The summed E-state index contributed by atoms with van der Waals surface area (Å²) in [7, 11) is -1.86. The molecule has 5 rings (SSSR count). The Balaban J connectivity index is 1.20. The summed E-state index contributed by atoms with van der Waals surface area (Å²) in [5, 5.41) is 29.8. The number of carbonyl (C=O) groups is 5. The van der Waals surface area contributed by atoms with E-state index in [1.165, 1.54) is 4.90 Å². The number of hydrogen-bond donors (Lipinski definition) is 4. The zero-order valence-electron chi connectivity index (χ0n) is 29.7. The van der Waals surface area contributed by atoms with Gasteiger partial charge in [0, 0.05) is 55.4 Å². The molecule has 1 fully saturated rings. The maximum Gasteiger partial charge on any atom is 0.335 e. The quantitative estimate of drug-likeness (QED) is 0.0709. The lowest BCUT2D eigenvalue weighted by atomic mass is 10.0. The first kappa shape index (κ1) is 40.7. The van der Waals surface area contributed by atoms with Crippen molar-refractivity contribution in [2.75, 3.05) is 45.8 Å². The number of anilines is 1. The van der Waals surface area contributed by atoms with Gasteiger partial charge in [0.05, 0.1) is 30.4 Å². The van der Waals surface area contributed by atoms with Crippen LogP contribution in [0.2, 0.25) is 5.02 Å². The number of nitro groups is 1. The average molecular weight is 800 g/mol. The van der Waals surface area contributed by atoms with Crippen LogP contribution in [0.25, 0.3) is 0 Å². The minimum absolute atomic E-state index is 0.00821. The highest BCUT2D eigenvalue weighted by atomic mass is 35.5. The van der Waals surface area contributed by atoms with Gasteiger partial charge in [-0.3, -0.25) is 29.4 Å². The van der Waals surface area contributed by atoms with E-state index in [-0.39, 0.29) is 25.9 Å². The van der Waals surface area contributed by atoms with Crippen LogP contribution in [0.15, 0.2) is 59.5 Å². The summed E-state index contributed by atoms with van der Waals surface area (Å²) < 4.78 is 32.9. The highest BCUT2D eigenvalue weighted by Crippen LogP contribution is 2.32. The molecule has 0 radical (unpaired) electrons. The Morgan fingerprint density at radius 2 is 1.85 bits per heavy atom. The van der Waals surface area contributed by atoms with Crippen LogP contribution < -0.4 is 16.0 Å². The van der Waals surface area contributed by atoms with Gasteiger partial charge in [-0.05, 0) is 66.9 Å². The van der Waals surface area contributed by atoms with E-state index >= 15 is 0 Å². The lowest BCUT2D eigenvalue weighted by Gasteiger charge is -2.36. The van der Waals surface area contributed by atoms with Crippen molar-refractivity contribution in [3.8, 4) is 0 Å². The van der Waals surface area contributed by atoms with Gasteiger partial charge in [-0.15, -0.1) is 0 Å². The summed E-state index contributed by atoms with van der Waals surface area (Å²) in [6, 6.07) is 10.8. The zero-order valence-corrected chi connectivity index (χ0v) is 31.3. The molecule has 0 aliphatic carbocycles. The van der Waals surface area contributed by atoms with Crippen LogP contribution in [0.4, 0.5) is 16.2 Å². The molecule has 18 nitrogen and oxygen atoms in total. The number of likely N-dealkylation sites (tertiary alicyclic amines) is 1. The van der Waals surface area contributed by atoms with E-state index in [9.17, 15) is 47.6 Å². The number of hydrogen-bond acceptors (Lipinski definition) is 11. The van der Waals surface area contributed by atoms with Crippen LogP contribution in [0.3, 0.4) is 0 Å². The molecule has 1 atom stereocenters. The Morgan fingerprint density at radius 3 is 2.55 bits per heavy atom. The molecule has 3 aromatic carbocycles. The van der Waals surface area contributed by atoms with Gasteiger partial charge in [0.1, 0.15) is 6.04 Å². The third-order valence-electron chi connectivity index (χ3n) is 9.07. The zero-order chi connectivity index (χ0) is 40.0. The molecular formula is C35H38ClN7O11S. The molecule has 0 spiro atoms. The van der Waals surface area contributed by atoms with Crippen molar-refractivity contribution >= 4 is 62.7 Å². The fourth-order valence-electron chi connectivity index (χ4n) is 6.12. The van der Waals surface area contributed by atoms with Crippen LogP contribution in [0.5, 0.6) is 0 Å². The molecule has 1 saturated heterocycles. The largest absolute Gasteiger partial charge is 0.478 e. The molecule has 3 aromatic rings. The second-order valence-electron chi connectivity index (χ2n) is 12.7. The Kier molecular flexibility index (Phi) is 12.8. The second kappa shape index (κ2) is 17.3. The fourth-order valence-corrected chi connectivity index (χ4v) is 7.63. The summed E-state index contributed by atoms with van der Waals surface area (Å²) in [5.41, 5.74) is 1.43.